The number of ether oxygens (including phenoxy) is 2. The standard InChI is InChI=1S/C28H39NO.C27H37NO/c1-3-4-5-9-21-30-28(20-19-27(23-29)16-10-11-24(2)22-27)17-14-26(15-18-28)25-12-7-6-8-13-25;1-3-4-8-20-29-27(19-18-26(22-28)15-9-10-23(2)21-26)16-13-25(14-17-27)24-11-6-5-7-12-24/h6-8,12-15,17,24H,3-5,9-11,16,18-22H2,1-2H3;5-7,11-14,16,23H,3-4,8-10,15,17-21H2,1-2H3. The molecule has 0 amide bonds. The third kappa shape index (κ3) is 13.9. The highest BCUT2D eigenvalue weighted by atomic mass is 16.5. The summed E-state index contributed by atoms with van der Waals surface area (Å²) in [7, 11) is 0. The van der Waals surface area contributed by atoms with Crippen molar-refractivity contribution in [2.45, 2.75) is 174 Å². The first kappa shape index (κ1) is 46.4. The summed E-state index contributed by atoms with van der Waals surface area (Å²) < 4.78 is 13.1. The maximum Gasteiger partial charge on any atom is 0.0900 e. The quantitative estimate of drug-likeness (QED) is 0.133. The van der Waals surface area contributed by atoms with E-state index < -0.39 is 0 Å². The molecule has 6 atom stereocenters. The molecular formula is C55H76N2O2. The Morgan fingerprint density at radius 2 is 1.00 bits per heavy atom. The lowest BCUT2D eigenvalue weighted by atomic mass is 9.67. The molecule has 0 aliphatic heterocycles. The van der Waals surface area contributed by atoms with Crippen LogP contribution in [0.4, 0.5) is 0 Å². The van der Waals surface area contributed by atoms with Crippen molar-refractivity contribution < 1.29 is 9.47 Å². The molecule has 0 N–H and O–H groups in total. The van der Waals surface area contributed by atoms with Crippen molar-refractivity contribution in [1.82, 2.24) is 0 Å². The van der Waals surface area contributed by atoms with Crippen LogP contribution < -0.4 is 0 Å². The van der Waals surface area contributed by atoms with Crippen LogP contribution in [0.1, 0.15) is 174 Å². The Morgan fingerprint density at radius 1 is 0.576 bits per heavy atom. The van der Waals surface area contributed by atoms with E-state index in [1.165, 1.54) is 80.1 Å². The Labute approximate surface area is 359 Å². The maximum atomic E-state index is 10.0. The van der Waals surface area contributed by atoms with E-state index in [0.717, 1.165) is 90.3 Å². The maximum absolute atomic E-state index is 10.0. The Kier molecular flexibility index (Phi) is 18.3. The van der Waals surface area contributed by atoms with Gasteiger partial charge in [-0.15, -0.1) is 0 Å². The number of nitrogens with zero attached hydrogens (tertiary/aromatic N) is 2. The molecule has 4 heteroatoms. The summed E-state index contributed by atoms with van der Waals surface area (Å²) in [5, 5.41) is 20.0. The smallest absolute Gasteiger partial charge is 0.0900 e. The summed E-state index contributed by atoms with van der Waals surface area (Å²) >= 11 is 0. The van der Waals surface area contributed by atoms with Crippen LogP contribution in [0.25, 0.3) is 11.1 Å². The molecule has 2 fully saturated rings. The van der Waals surface area contributed by atoms with Gasteiger partial charge < -0.3 is 9.47 Å². The predicted octanol–water partition coefficient (Wildman–Crippen LogP) is 15.3. The fourth-order valence-corrected chi connectivity index (χ4v) is 10.2. The number of benzene rings is 2. The van der Waals surface area contributed by atoms with Crippen molar-refractivity contribution in [2.75, 3.05) is 13.2 Å². The highest BCUT2D eigenvalue weighted by Gasteiger charge is 2.40. The fourth-order valence-electron chi connectivity index (χ4n) is 10.2. The van der Waals surface area contributed by atoms with Crippen LogP contribution in [0.3, 0.4) is 0 Å². The van der Waals surface area contributed by atoms with Crippen molar-refractivity contribution in [3.8, 4) is 12.1 Å². The number of unbranched alkanes of at least 4 members (excludes halogenated alkanes) is 5. The van der Waals surface area contributed by atoms with Gasteiger partial charge in [0.25, 0.3) is 0 Å². The van der Waals surface area contributed by atoms with Gasteiger partial charge in [-0.3, -0.25) is 0 Å². The highest BCUT2D eigenvalue weighted by Crippen LogP contribution is 2.47. The topological polar surface area (TPSA) is 66.0 Å². The SMILES string of the molecule is CCCCCCOC1(CCC2(C#N)CCCC(C)C2)C=CC(c2ccccc2)=CC1.CCCCCOC1(CCC2(C#N)CCCC(C)C2)C=CC(c2ccccc2)=CC1. The molecule has 0 radical (unpaired) electrons. The van der Waals surface area contributed by atoms with Crippen LogP contribution >= 0.6 is 0 Å². The average molecular weight is 797 g/mol. The van der Waals surface area contributed by atoms with Gasteiger partial charge in [0, 0.05) is 13.2 Å². The molecule has 2 saturated carbocycles. The molecule has 318 valence electrons. The first-order chi connectivity index (χ1) is 28.7. The lowest BCUT2D eigenvalue weighted by molar-refractivity contribution is -0.0238. The number of nitriles is 2. The van der Waals surface area contributed by atoms with E-state index >= 15 is 0 Å². The highest BCUT2D eigenvalue weighted by molar-refractivity contribution is 5.76. The Balaban J connectivity index is 0.000000224. The first-order valence-electron chi connectivity index (χ1n) is 23.7. The Morgan fingerprint density at radius 3 is 1.37 bits per heavy atom. The van der Waals surface area contributed by atoms with Crippen LogP contribution in [-0.2, 0) is 9.47 Å². The molecule has 4 aliphatic carbocycles. The van der Waals surface area contributed by atoms with Gasteiger partial charge in [0.2, 0.25) is 0 Å². The third-order valence-corrected chi connectivity index (χ3v) is 13.9. The van der Waals surface area contributed by atoms with Crippen molar-refractivity contribution in [2.24, 2.45) is 22.7 Å². The second kappa shape index (κ2) is 23.3. The molecule has 0 heterocycles. The van der Waals surface area contributed by atoms with Crippen molar-refractivity contribution in [1.29, 1.82) is 10.5 Å². The van der Waals surface area contributed by atoms with E-state index in [0.29, 0.717) is 11.8 Å². The third-order valence-electron chi connectivity index (χ3n) is 13.9. The monoisotopic (exact) mass is 797 g/mol. The minimum absolute atomic E-state index is 0.158. The summed E-state index contributed by atoms with van der Waals surface area (Å²) in [5.74, 6) is 1.33. The molecule has 59 heavy (non-hydrogen) atoms. The normalized spacial score (nSPS) is 29.0. The van der Waals surface area contributed by atoms with Crippen LogP contribution in [0.15, 0.2) is 97.1 Å². The van der Waals surface area contributed by atoms with Gasteiger partial charge in [-0.1, -0.05) is 183 Å². The fraction of sp³-hybridized carbons (Fsp3) is 0.600. The molecule has 4 nitrogen and oxygen atoms in total. The molecule has 0 aromatic heterocycles. The average Bonchev–Trinajstić information content (AvgIpc) is 3.28. The van der Waals surface area contributed by atoms with Gasteiger partial charge in [-0.25, -0.2) is 0 Å². The lowest BCUT2D eigenvalue weighted by Gasteiger charge is -2.39. The summed E-state index contributed by atoms with van der Waals surface area (Å²) in [6.45, 7) is 10.7. The van der Waals surface area contributed by atoms with E-state index in [1.54, 1.807) is 0 Å². The minimum Gasteiger partial charge on any atom is -0.371 e. The van der Waals surface area contributed by atoms with Crippen molar-refractivity contribution in [3.05, 3.63) is 108 Å². The minimum atomic E-state index is -0.255. The first-order valence-corrected chi connectivity index (χ1v) is 23.7. The molecule has 0 spiro atoms. The van der Waals surface area contributed by atoms with E-state index in [9.17, 15) is 10.5 Å². The molecule has 2 aromatic carbocycles. The zero-order valence-electron chi connectivity index (χ0n) is 37.4. The zero-order chi connectivity index (χ0) is 41.9. The van der Waals surface area contributed by atoms with Gasteiger partial charge in [0.1, 0.15) is 0 Å². The zero-order valence-corrected chi connectivity index (χ0v) is 37.4. The molecule has 0 saturated heterocycles. The molecule has 6 rings (SSSR count). The predicted molar refractivity (Wildman–Crippen MR) is 247 cm³/mol. The molecule has 4 aliphatic rings. The van der Waals surface area contributed by atoms with E-state index in [2.05, 4.69) is 137 Å². The van der Waals surface area contributed by atoms with E-state index in [4.69, 9.17) is 9.47 Å². The van der Waals surface area contributed by atoms with Gasteiger partial charge in [0.05, 0.1) is 34.2 Å². The van der Waals surface area contributed by atoms with E-state index in [-0.39, 0.29) is 22.0 Å². The van der Waals surface area contributed by atoms with Crippen molar-refractivity contribution in [3.63, 3.8) is 0 Å². The molecule has 2 aromatic rings. The molecule has 0 bridgehead atoms. The summed E-state index contributed by atoms with van der Waals surface area (Å²) in [6, 6.07) is 26.6. The second-order valence-corrected chi connectivity index (χ2v) is 18.9. The number of hydrogen-bond acceptors (Lipinski definition) is 4. The summed E-state index contributed by atoms with van der Waals surface area (Å²) in [4.78, 5) is 0. The van der Waals surface area contributed by atoms with Crippen molar-refractivity contribution >= 4 is 11.1 Å². The Bertz CT molecular complexity index is 1760. The lowest BCUT2D eigenvalue weighted by Crippen LogP contribution is -2.35. The number of rotatable bonds is 19. The largest absolute Gasteiger partial charge is 0.371 e. The summed E-state index contributed by atoms with van der Waals surface area (Å²) in [6.07, 6.45) is 36.8. The molecular weight excluding hydrogens is 721 g/mol. The van der Waals surface area contributed by atoms with Gasteiger partial charge in [0.15, 0.2) is 0 Å². The second-order valence-electron chi connectivity index (χ2n) is 18.9. The van der Waals surface area contributed by atoms with E-state index in [1.807, 2.05) is 0 Å². The van der Waals surface area contributed by atoms with Crippen LogP contribution in [-0.4, -0.2) is 24.4 Å². The number of allylic oxidation sites excluding steroid dienone is 4. The van der Waals surface area contributed by atoms with Gasteiger partial charge >= 0.3 is 0 Å². The van der Waals surface area contributed by atoms with Gasteiger partial charge in [-0.2, -0.15) is 10.5 Å². The van der Waals surface area contributed by atoms with Crippen LogP contribution in [0, 0.1) is 45.3 Å². The molecule has 6 unspecified atom stereocenters. The summed E-state index contributed by atoms with van der Waals surface area (Å²) in [5.41, 5.74) is 4.26. The Hall–Kier alpha value is -3.70. The van der Waals surface area contributed by atoms with Gasteiger partial charge in [-0.05, 0) is 111 Å². The number of hydrogen-bond donors (Lipinski definition) is 0. The van der Waals surface area contributed by atoms with Crippen LogP contribution in [0.5, 0.6) is 0 Å². The van der Waals surface area contributed by atoms with Crippen LogP contribution in [0.2, 0.25) is 0 Å².